The Bertz CT molecular complexity index is 1420. The normalized spacial score (nSPS) is 16.6. The lowest BCUT2D eigenvalue weighted by atomic mass is 10.0. The first-order valence-electron chi connectivity index (χ1n) is 10.7. The molecule has 6 rings (SSSR count). The van der Waals surface area contributed by atoms with Crippen molar-refractivity contribution in [1.29, 1.82) is 0 Å². The molecule has 0 saturated carbocycles. The SMILES string of the molecule is Nc1ccc(-c2cnc(C3CCc4cc(-c5cc(Cl)ccc5N5C=NNN5)c[n+](O)c43)[nH]2)cn1. The van der Waals surface area contributed by atoms with Crippen LogP contribution in [0.15, 0.2) is 60.1 Å². The van der Waals surface area contributed by atoms with Crippen molar-refractivity contribution < 1.29 is 9.94 Å². The van der Waals surface area contributed by atoms with E-state index < -0.39 is 0 Å². The zero-order valence-electron chi connectivity index (χ0n) is 17.9. The molecule has 0 saturated heterocycles. The van der Waals surface area contributed by atoms with Crippen molar-refractivity contribution >= 4 is 29.4 Å². The van der Waals surface area contributed by atoms with Crippen LogP contribution in [-0.2, 0) is 6.42 Å². The molecule has 0 radical (unpaired) electrons. The van der Waals surface area contributed by atoms with Crippen LogP contribution in [0.4, 0.5) is 11.5 Å². The maximum Gasteiger partial charge on any atom is 0.247 e. The summed E-state index contributed by atoms with van der Waals surface area (Å²) in [6, 6.07) is 11.4. The fourth-order valence-electron chi connectivity index (χ4n) is 4.58. The minimum Gasteiger partial charge on any atom is -0.384 e. The van der Waals surface area contributed by atoms with E-state index in [9.17, 15) is 5.21 Å². The number of imidazole rings is 1. The van der Waals surface area contributed by atoms with Crippen molar-refractivity contribution in [2.24, 2.45) is 5.10 Å². The number of hydrogen-bond donors (Lipinski definition) is 5. The second kappa shape index (κ2) is 8.01. The van der Waals surface area contributed by atoms with E-state index in [-0.39, 0.29) is 5.92 Å². The smallest absolute Gasteiger partial charge is 0.247 e. The lowest BCUT2D eigenvalue weighted by Crippen LogP contribution is -2.38. The summed E-state index contributed by atoms with van der Waals surface area (Å²) in [7, 11) is 0. The molecule has 6 N–H and O–H groups in total. The summed E-state index contributed by atoms with van der Waals surface area (Å²) in [5, 5.41) is 17.4. The second-order valence-corrected chi connectivity index (χ2v) is 8.67. The van der Waals surface area contributed by atoms with Gasteiger partial charge in [0, 0.05) is 32.6 Å². The largest absolute Gasteiger partial charge is 0.384 e. The van der Waals surface area contributed by atoms with Crippen LogP contribution in [0, 0.1) is 0 Å². The van der Waals surface area contributed by atoms with Gasteiger partial charge in [0.2, 0.25) is 11.9 Å². The van der Waals surface area contributed by atoms with Gasteiger partial charge in [0.25, 0.3) is 0 Å². The number of benzene rings is 1. The first-order chi connectivity index (χ1) is 16.6. The second-order valence-electron chi connectivity index (χ2n) is 8.23. The highest BCUT2D eigenvalue weighted by Crippen LogP contribution is 2.39. The molecule has 1 aliphatic heterocycles. The Labute approximate surface area is 199 Å². The predicted octanol–water partition coefficient (Wildman–Crippen LogP) is 2.75. The number of hydrazine groups is 2. The topological polar surface area (TPSA) is 131 Å². The molecule has 170 valence electrons. The van der Waals surface area contributed by atoms with E-state index in [0.717, 1.165) is 58.0 Å². The standard InChI is InChI=1S/C23H21ClN9O/c24-16-3-5-20(32-12-28-30-31-32)18(8-16)15-7-13-1-4-17(22(13)33(34)11-15)23-27-10-19(29-23)14-2-6-21(25)26-9-14/h2-3,5-12,17,30-31,34H,1,4H2,(H2,25,26)(H,27,29)/q+1. The minimum atomic E-state index is -0.0556. The maximum absolute atomic E-state index is 11.0. The number of nitrogens with one attached hydrogen (secondary N) is 3. The Morgan fingerprint density at radius 3 is 2.82 bits per heavy atom. The van der Waals surface area contributed by atoms with Crippen molar-refractivity contribution in [1.82, 2.24) is 26.0 Å². The number of rotatable bonds is 4. The van der Waals surface area contributed by atoms with Gasteiger partial charge in [0.05, 0.1) is 23.1 Å². The number of H-pyrrole nitrogens is 1. The molecular weight excluding hydrogens is 454 g/mol. The zero-order chi connectivity index (χ0) is 23.2. The number of aryl methyl sites for hydroxylation is 1. The molecule has 3 aromatic heterocycles. The number of halogens is 1. The summed E-state index contributed by atoms with van der Waals surface area (Å²) in [5.41, 5.74) is 17.5. The summed E-state index contributed by atoms with van der Waals surface area (Å²) in [6.07, 6.45) is 8.49. The quantitative estimate of drug-likeness (QED) is 0.227. The number of aromatic nitrogens is 4. The first-order valence-corrected chi connectivity index (χ1v) is 11.1. The van der Waals surface area contributed by atoms with Crippen molar-refractivity contribution in [3.05, 3.63) is 77.1 Å². The van der Waals surface area contributed by atoms with Gasteiger partial charge >= 0.3 is 0 Å². The van der Waals surface area contributed by atoms with Crippen LogP contribution in [0.2, 0.25) is 5.02 Å². The molecule has 1 aliphatic carbocycles. The summed E-state index contributed by atoms with van der Waals surface area (Å²) < 4.78 is 1.21. The molecule has 34 heavy (non-hydrogen) atoms. The molecule has 10 nitrogen and oxygen atoms in total. The van der Waals surface area contributed by atoms with E-state index in [4.69, 9.17) is 17.3 Å². The fraction of sp³-hybridized carbons (Fsp3) is 0.130. The van der Waals surface area contributed by atoms with Gasteiger partial charge in [-0.25, -0.2) is 20.5 Å². The van der Waals surface area contributed by atoms with Gasteiger partial charge in [0.15, 0.2) is 0 Å². The lowest BCUT2D eigenvalue weighted by molar-refractivity contribution is -0.909. The Balaban J connectivity index is 1.36. The number of anilines is 2. The number of hydrazone groups is 1. The number of nitrogens with two attached hydrogens (primary N) is 1. The first kappa shape index (κ1) is 20.5. The van der Waals surface area contributed by atoms with Crippen LogP contribution in [-0.4, -0.2) is 26.5 Å². The zero-order valence-corrected chi connectivity index (χ0v) is 18.7. The van der Waals surface area contributed by atoms with Gasteiger partial charge in [-0.15, -0.1) is 5.53 Å². The highest BCUT2D eigenvalue weighted by molar-refractivity contribution is 6.31. The Morgan fingerprint density at radius 2 is 2.03 bits per heavy atom. The third kappa shape index (κ3) is 3.49. The molecule has 0 fully saturated rings. The number of pyridine rings is 2. The molecule has 0 spiro atoms. The third-order valence-electron chi connectivity index (χ3n) is 6.16. The highest BCUT2D eigenvalue weighted by Gasteiger charge is 2.37. The van der Waals surface area contributed by atoms with Crippen LogP contribution >= 0.6 is 11.6 Å². The van der Waals surface area contributed by atoms with Gasteiger partial charge in [-0.1, -0.05) is 11.6 Å². The van der Waals surface area contributed by atoms with Crippen LogP contribution < -0.4 is 26.5 Å². The minimum absolute atomic E-state index is 0.0556. The van der Waals surface area contributed by atoms with E-state index >= 15 is 0 Å². The number of nitrogens with zero attached hydrogens (tertiary/aromatic N) is 5. The Morgan fingerprint density at radius 1 is 1.12 bits per heavy atom. The molecule has 1 aromatic carbocycles. The van der Waals surface area contributed by atoms with E-state index in [0.29, 0.717) is 10.8 Å². The van der Waals surface area contributed by atoms with Crippen LogP contribution in [0.1, 0.15) is 29.4 Å². The molecule has 0 bridgehead atoms. The maximum atomic E-state index is 11.0. The Kier molecular flexibility index (Phi) is 4.82. The average molecular weight is 475 g/mol. The van der Waals surface area contributed by atoms with E-state index in [2.05, 4.69) is 37.2 Å². The van der Waals surface area contributed by atoms with Crippen molar-refractivity contribution in [3.63, 3.8) is 0 Å². The van der Waals surface area contributed by atoms with Gasteiger partial charge in [0.1, 0.15) is 23.9 Å². The molecular formula is C23H21ClN9O+. The lowest BCUT2D eigenvalue weighted by Gasteiger charge is -2.18. The van der Waals surface area contributed by atoms with Crippen molar-refractivity contribution in [2.75, 3.05) is 10.7 Å². The average Bonchev–Trinajstić information content (AvgIpc) is 3.60. The van der Waals surface area contributed by atoms with Crippen LogP contribution in [0.25, 0.3) is 22.4 Å². The van der Waals surface area contributed by atoms with Crippen LogP contribution in [0.5, 0.6) is 0 Å². The molecule has 4 aromatic rings. The summed E-state index contributed by atoms with van der Waals surface area (Å²) in [6.45, 7) is 0. The monoisotopic (exact) mass is 474 g/mol. The number of hydrogen-bond acceptors (Lipinski definition) is 8. The van der Waals surface area contributed by atoms with Gasteiger partial charge in [-0.05, 0) is 49.2 Å². The predicted molar refractivity (Wildman–Crippen MR) is 128 cm³/mol. The highest BCUT2D eigenvalue weighted by atomic mass is 35.5. The summed E-state index contributed by atoms with van der Waals surface area (Å²) in [4.78, 5) is 12.1. The number of fused-ring (bicyclic) bond motifs is 1. The molecule has 4 heterocycles. The van der Waals surface area contributed by atoms with Gasteiger partial charge in [-0.3, -0.25) is 5.21 Å². The number of nitrogen functional groups attached to an aromatic ring is 1. The van der Waals surface area contributed by atoms with Gasteiger partial charge in [-0.2, -0.15) is 5.10 Å². The molecule has 1 atom stereocenters. The third-order valence-corrected chi connectivity index (χ3v) is 6.39. The summed E-state index contributed by atoms with van der Waals surface area (Å²) in [5.74, 6) is 1.21. The van der Waals surface area contributed by atoms with E-state index in [1.807, 2.05) is 24.3 Å². The fourth-order valence-corrected chi connectivity index (χ4v) is 4.75. The number of aromatic amines is 1. The summed E-state index contributed by atoms with van der Waals surface area (Å²) >= 11 is 6.31. The van der Waals surface area contributed by atoms with E-state index in [1.54, 1.807) is 36.0 Å². The van der Waals surface area contributed by atoms with Crippen molar-refractivity contribution in [2.45, 2.75) is 18.8 Å². The van der Waals surface area contributed by atoms with E-state index in [1.165, 1.54) is 4.73 Å². The molecule has 11 heteroatoms. The Hall–Kier alpha value is -4.15. The van der Waals surface area contributed by atoms with Crippen LogP contribution in [0.3, 0.4) is 0 Å². The molecule has 1 unspecified atom stereocenters. The molecule has 0 amide bonds. The van der Waals surface area contributed by atoms with Crippen molar-refractivity contribution in [3.8, 4) is 22.4 Å². The molecule has 2 aliphatic rings. The van der Waals surface area contributed by atoms with Gasteiger partial charge < -0.3 is 10.7 Å².